The van der Waals surface area contributed by atoms with E-state index in [1.54, 1.807) is 6.08 Å². The fourth-order valence-electron chi connectivity index (χ4n) is 1.68. The highest BCUT2D eigenvalue weighted by atomic mass is 19.4. The lowest BCUT2D eigenvalue weighted by Crippen LogP contribution is -2.17. The minimum atomic E-state index is -4.78. The fraction of sp³-hybridized carbons (Fsp3) is 0.0625. The summed E-state index contributed by atoms with van der Waals surface area (Å²) in [6.07, 6.45) is -1.87. The quantitative estimate of drug-likeness (QED) is 0.613. The Balaban J connectivity index is 2.13. The van der Waals surface area contributed by atoms with E-state index in [0.29, 0.717) is 0 Å². The molecule has 2 aromatic carbocycles. The van der Waals surface area contributed by atoms with Crippen LogP contribution in [0.15, 0.2) is 60.7 Å². The molecule has 0 unspecified atom stereocenters. The molecule has 108 valence electrons. The van der Waals surface area contributed by atoms with E-state index in [2.05, 4.69) is 4.74 Å². The SMILES string of the molecule is O=C(C=Cc1ccccc1)c1cccc(OC(F)(F)F)c1. The third-order valence-electron chi connectivity index (χ3n) is 2.58. The van der Waals surface area contributed by atoms with Gasteiger partial charge in [-0.25, -0.2) is 0 Å². The van der Waals surface area contributed by atoms with Crippen LogP contribution in [0.25, 0.3) is 6.08 Å². The van der Waals surface area contributed by atoms with Gasteiger partial charge in [0.25, 0.3) is 0 Å². The van der Waals surface area contributed by atoms with E-state index in [1.165, 1.54) is 18.2 Å². The Labute approximate surface area is 119 Å². The van der Waals surface area contributed by atoms with E-state index in [9.17, 15) is 18.0 Å². The summed E-state index contributed by atoms with van der Waals surface area (Å²) in [5, 5.41) is 0. The molecule has 0 bridgehead atoms. The maximum atomic E-state index is 12.1. The minimum absolute atomic E-state index is 0.129. The summed E-state index contributed by atoms with van der Waals surface area (Å²) in [4.78, 5) is 11.9. The standard InChI is InChI=1S/C16H11F3O2/c17-16(18,19)21-14-8-4-7-13(11-14)15(20)10-9-12-5-2-1-3-6-12/h1-11H. The average molecular weight is 292 g/mol. The Morgan fingerprint density at radius 3 is 2.38 bits per heavy atom. The molecule has 21 heavy (non-hydrogen) atoms. The molecule has 0 saturated heterocycles. The number of hydrogen-bond acceptors (Lipinski definition) is 2. The number of benzene rings is 2. The van der Waals surface area contributed by atoms with Gasteiger partial charge >= 0.3 is 6.36 Å². The first-order chi connectivity index (χ1) is 9.94. The summed E-state index contributed by atoms with van der Waals surface area (Å²) >= 11 is 0. The van der Waals surface area contributed by atoms with Crippen molar-refractivity contribution in [2.45, 2.75) is 6.36 Å². The molecule has 5 heteroatoms. The van der Waals surface area contributed by atoms with Gasteiger partial charge in [-0.3, -0.25) is 4.79 Å². The summed E-state index contributed by atoms with van der Waals surface area (Å²) in [5.41, 5.74) is 0.956. The number of halogens is 3. The van der Waals surface area contributed by atoms with Crippen LogP contribution in [-0.4, -0.2) is 12.1 Å². The van der Waals surface area contributed by atoms with Crippen LogP contribution in [0.1, 0.15) is 15.9 Å². The van der Waals surface area contributed by atoms with Gasteiger partial charge in [0, 0.05) is 5.56 Å². The van der Waals surface area contributed by atoms with Gasteiger partial charge in [-0.2, -0.15) is 0 Å². The van der Waals surface area contributed by atoms with Crippen LogP contribution < -0.4 is 4.74 Å². The first-order valence-electron chi connectivity index (χ1n) is 6.07. The second-order valence-corrected chi connectivity index (χ2v) is 4.18. The molecule has 0 aliphatic carbocycles. The number of hydrogen-bond donors (Lipinski definition) is 0. The zero-order valence-electron chi connectivity index (χ0n) is 10.8. The molecule has 0 N–H and O–H groups in total. The first kappa shape index (κ1) is 14.8. The van der Waals surface area contributed by atoms with E-state index in [-0.39, 0.29) is 5.56 Å². The van der Waals surface area contributed by atoms with Gasteiger partial charge in [-0.1, -0.05) is 48.5 Å². The summed E-state index contributed by atoms with van der Waals surface area (Å²) in [5.74, 6) is -0.812. The predicted molar refractivity (Wildman–Crippen MR) is 72.9 cm³/mol. The molecule has 0 radical (unpaired) electrons. The summed E-state index contributed by atoms with van der Waals surface area (Å²) in [6.45, 7) is 0. The second-order valence-electron chi connectivity index (χ2n) is 4.18. The van der Waals surface area contributed by atoms with Crippen LogP contribution >= 0.6 is 0 Å². The van der Waals surface area contributed by atoms with Crippen LogP contribution in [-0.2, 0) is 0 Å². The van der Waals surface area contributed by atoms with Gasteiger partial charge in [0.2, 0.25) is 0 Å². The molecule has 0 amide bonds. The van der Waals surface area contributed by atoms with Gasteiger partial charge in [-0.15, -0.1) is 13.2 Å². The van der Waals surface area contributed by atoms with Crippen LogP contribution in [0.4, 0.5) is 13.2 Å². The van der Waals surface area contributed by atoms with Crippen molar-refractivity contribution in [2.75, 3.05) is 0 Å². The molecule has 0 heterocycles. The number of allylic oxidation sites excluding steroid dienone is 1. The first-order valence-corrected chi connectivity index (χ1v) is 6.07. The van der Waals surface area contributed by atoms with Crippen molar-refractivity contribution >= 4 is 11.9 Å². The number of carbonyl (C=O) groups excluding carboxylic acids is 1. The molecule has 0 saturated carbocycles. The van der Waals surface area contributed by atoms with E-state index in [4.69, 9.17) is 0 Å². The Hall–Kier alpha value is -2.56. The Morgan fingerprint density at radius 2 is 1.71 bits per heavy atom. The molecule has 2 aromatic rings. The van der Waals surface area contributed by atoms with Gasteiger partial charge < -0.3 is 4.74 Å². The molecule has 0 spiro atoms. The maximum Gasteiger partial charge on any atom is 0.573 e. The molecule has 0 atom stereocenters. The van der Waals surface area contributed by atoms with Crippen LogP contribution in [0.2, 0.25) is 0 Å². The smallest absolute Gasteiger partial charge is 0.406 e. The Morgan fingerprint density at radius 1 is 1.00 bits per heavy atom. The highest BCUT2D eigenvalue weighted by molar-refractivity contribution is 6.07. The third-order valence-corrected chi connectivity index (χ3v) is 2.58. The zero-order chi connectivity index (χ0) is 15.3. The lowest BCUT2D eigenvalue weighted by Gasteiger charge is -2.09. The summed E-state index contributed by atoms with van der Waals surface area (Å²) in [6, 6.07) is 14.1. The van der Waals surface area contributed by atoms with Gasteiger partial charge in [0.15, 0.2) is 5.78 Å². The summed E-state index contributed by atoms with van der Waals surface area (Å²) in [7, 11) is 0. The van der Waals surface area contributed by atoms with E-state index >= 15 is 0 Å². The van der Waals surface area contributed by atoms with Crippen molar-refractivity contribution in [3.63, 3.8) is 0 Å². The molecular weight excluding hydrogens is 281 g/mol. The fourth-order valence-corrected chi connectivity index (χ4v) is 1.68. The van der Waals surface area contributed by atoms with E-state index < -0.39 is 17.9 Å². The highest BCUT2D eigenvalue weighted by Gasteiger charge is 2.31. The molecular formula is C16H11F3O2. The summed E-state index contributed by atoms with van der Waals surface area (Å²) < 4.78 is 40.1. The highest BCUT2D eigenvalue weighted by Crippen LogP contribution is 2.23. The average Bonchev–Trinajstić information content (AvgIpc) is 2.44. The van der Waals surface area contributed by atoms with Gasteiger partial charge in [0.05, 0.1) is 0 Å². The number of rotatable bonds is 4. The van der Waals surface area contributed by atoms with Crippen molar-refractivity contribution in [1.29, 1.82) is 0 Å². The zero-order valence-corrected chi connectivity index (χ0v) is 10.8. The number of ether oxygens (including phenoxy) is 1. The van der Waals surface area contributed by atoms with E-state index in [0.717, 1.165) is 17.7 Å². The van der Waals surface area contributed by atoms with Crippen molar-refractivity contribution in [3.8, 4) is 5.75 Å². The predicted octanol–water partition coefficient (Wildman–Crippen LogP) is 4.48. The lowest BCUT2D eigenvalue weighted by atomic mass is 10.1. The molecule has 2 rings (SSSR count). The molecule has 2 nitrogen and oxygen atoms in total. The van der Waals surface area contributed by atoms with Gasteiger partial charge in [-0.05, 0) is 23.8 Å². The monoisotopic (exact) mass is 292 g/mol. The van der Waals surface area contributed by atoms with Crippen LogP contribution in [0.5, 0.6) is 5.75 Å². The van der Waals surface area contributed by atoms with Crippen molar-refractivity contribution in [1.82, 2.24) is 0 Å². The maximum absolute atomic E-state index is 12.1. The molecule has 0 aliphatic heterocycles. The number of carbonyl (C=O) groups is 1. The Bertz CT molecular complexity index is 646. The number of alkyl halides is 3. The lowest BCUT2D eigenvalue weighted by molar-refractivity contribution is -0.274. The number of ketones is 1. The van der Waals surface area contributed by atoms with Crippen LogP contribution in [0, 0.1) is 0 Å². The van der Waals surface area contributed by atoms with Gasteiger partial charge in [0.1, 0.15) is 5.75 Å². The van der Waals surface area contributed by atoms with Crippen molar-refractivity contribution in [3.05, 3.63) is 71.8 Å². The van der Waals surface area contributed by atoms with Crippen molar-refractivity contribution in [2.24, 2.45) is 0 Å². The molecule has 0 fully saturated rings. The van der Waals surface area contributed by atoms with Crippen molar-refractivity contribution < 1.29 is 22.7 Å². The largest absolute Gasteiger partial charge is 0.573 e. The topological polar surface area (TPSA) is 26.3 Å². The normalized spacial score (nSPS) is 11.6. The second kappa shape index (κ2) is 6.26. The van der Waals surface area contributed by atoms with Crippen LogP contribution in [0.3, 0.4) is 0 Å². The third kappa shape index (κ3) is 4.80. The minimum Gasteiger partial charge on any atom is -0.406 e. The Kier molecular flexibility index (Phi) is 4.42. The molecule has 0 aromatic heterocycles. The molecule has 0 aliphatic rings. The van der Waals surface area contributed by atoms with E-state index in [1.807, 2.05) is 30.3 Å².